The maximum absolute atomic E-state index is 12.7. The molecule has 0 radical (unpaired) electrons. The van der Waals surface area contributed by atoms with Gasteiger partial charge in [0.05, 0.1) is 6.54 Å². The number of halogens is 3. The Labute approximate surface area is 143 Å². The molecule has 136 valence electrons. The normalized spacial score (nSPS) is 21.4. The molecule has 2 aromatic rings. The Bertz CT molecular complexity index is 703. The molecule has 0 amide bonds. The summed E-state index contributed by atoms with van der Waals surface area (Å²) >= 11 is 0. The highest BCUT2D eigenvalue weighted by molar-refractivity contribution is 5.06. The van der Waals surface area contributed by atoms with Crippen molar-refractivity contribution in [1.82, 2.24) is 24.8 Å². The SMILES string of the molecule is Cn1ccnc1[C@@H]1OCCC[C@H]1CNCc1nccc(C(F)(F)F)n1. The molecule has 1 N–H and O–H groups in total. The van der Waals surface area contributed by atoms with E-state index < -0.39 is 11.9 Å². The van der Waals surface area contributed by atoms with Crippen molar-refractivity contribution in [2.75, 3.05) is 13.2 Å². The van der Waals surface area contributed by atoms with Crippen LogP contribution in [0.5, 0.6) is 0 Å². The number of rotatable bonds is 5. The molecule has 2 atom stereocenters. The van der Waals surface area contributed by atoms with Gasteiger partial charge in [0.25, 0.3) is 0 Å². The zero-order chi connectivity index (χ0) is 17.9. The van der Waals surface area contributed by atoms with Gasteiger partial charge in [0.2, 0.25) is 0 Å². The number of ether oxygens (including phenoxy) is 1. The fourth-order valence-corrected chi connectivity index (χ4v) is 3.00. The molecule has 25 heavy (non-hydrogen) atoms. The van der Waals surface area contributed by atoms with E-state index in [2.05, 4.69) is 20.3 Å². The fourth-order valence-electron chi connectivity index (χ4n) is 3.00. The highest BCUT2D eigenvalue weighted by Gasteiger charge is 2.33. The largest absolute Gasteiger partial charge is 0.433 e. The quantitative estimate of drug-likeness (QED) is 0.893. The van der Waals surface area contributed by atoms with Crippen LogP contribution in [0.15, 0.2) is 24.7 Å². The van der Waals surface area contributed by atoms with Crippen LogP contribution in [0.4, 0.5) is 13.2 Å². The molecule has 0 aromatic carbocycles. The van der Waals surface area contributed by atoms with Crippen LogP contribution in [0.1, 0.15) is 36.3 Å². The van der Waals surface area contributed by atoms with E-state index >= 15 is 0 Å². The van der Waals surface area contributed by atoms with Crippen LogP contribution >= 0.6 is 0 Å². The molecule has 1 saturated heterocycles. The first-order chi connectivity index (χ1) is 11.9. The van der Waals surface area contributed by atoms with Crippen LogP contribution < -0.4 is 5.32 Å². The Morgan fingerprint density at radius 2 is 2.16 bits per heavy atom. The zero-order valence-electron chi connectivity index (χ0n) is 13.8. The molecule has 9 heteroatoms. The van der Waals surface area contributed by atoms with E-state index in [1.807, 2.05) is 17.8 Å². The van der Waals surface area contributed by atoms with Gasteiger partial charge in [-0.05, 0) is 18.9 Å². The van der Waals surface area contributed by atoms with Crippen molar-refractivity contribution in [3.63, 3.8) is 0 Å². The number of nitrogens with one attached hydrogen (secondary N) is 1. The molecule has 0 saturated carbocycles. The van der Waals surface area contributed by atoms with Crippen LogP contribution in [-0.4, -0.2) is 32.7 Å². The van der Waals surface area contributed by atoms with Crippen molar-refractivity contribution in [3.05, 3.63) is 42.0 Å². The summed E-state index contributed by atoms with van der Waals surface area (Å²) in [4.78, 5) is 11.8. The molecule has 0 bridgehead atoms. The predicted octanol–water partition coefficient (Wildman–Crippen LogP) is 2.49. The van der Waals surface area contributed by atoms with Gasteiger partial charge in [0, 0.05) is 44.7 Å². The second-order valence-electron chi connectivity index (χ2n) is 6.08. The number of hydrogen-bond donors (Lipinski definition) is 1. The lowest BCUT2D eigenvalue weighted by Crippen LogP contribution is -2.33. The Hall–Kier alpha value is -2.00. The van der Waals surface area contributed by atoms with Crippen LogP contribution in [-0.2, 0) is 24.5 Å². The second-order valence-corrected chi connectivity index (χ2v) is 6.08. The van der Waals surface area contributed by atoms with E-state index in [-0.39, 0.29) is 24.4 Å². The minimum Gasteiger partial charge on any atom is -0.370 e. The first-order valence-corrected chi connectivity index (χ1v) is 8.14. The summed E-state index contributed by atoms with van der Waals surface area (Å²) in [5.41, 5.74) is -0.925. The van der Waals surface area contributed by atoms with E-state index in [9.17, 15) is 13.2 Å². The van der Waals surface area contributed by atoms with Crippen LogP contribution in [0.2, 0.25) is 0 Å². The Kier molecular flexibility index (Phi) is 5.33. The number of imidazole rings is 1. The Morgan fingerprint density at radius 1 is 1.32 bits per heavy atom. The molecule has 0 spiro atoms. The second kappa shape index (κ2) is 7.49. The van der Waals surface area contributed by atoms with Gasteiger partial charge in [0.1, 0.15) is 23.4 Å². The number of hydrogen-bond acceptors (Lipinski definition) is 5. The molecule has 0 aliphatic carbocycles. The molecule has 2 aromatic heterocycles. The topological polar surface area (TPSA) is 64.9 Å². The average Bonchev–Trinajstić information content (AvgIpc) is 3.01. The molecule has 0 unspecified atom stereocenters. The van der Waals surface area contributed by atoms with Crippen LogP contribution in [0.3, 0.4) is 0 Å². The van der Waals surface area contributed by atoms with Gasteiger partial charge < -0.3 is 14.6 Å². The van der Waals surface area contributed by atoms with E-state index in [1.165, 1.54) is 0 Å². The molecule has 6 nitrogen and oxygen atoms in total. The Morgan fingerprint density at radius 3 is 2.88 bits per heavy atom. The minimum absolute atomic E-state index is 0.122. The lowest BCUT2D eigenvalue weighted by atomic mass is 9.93. The van der Waals surface area contributed by atoms with Crippen molar-refractivity contribution >= 4 is 0 Å². The third kappa shape index (κ3) is 4.35. The smallest absolute Gasteiger partial charge is 0.370 e. The fraction of sp³-hybridized carbons (Fsp3) is 0.562. The first kappa shape index (κ1) is 17.8. The molecule has 1 aliphatic rings. The maximum Gasteiger partial charge on any atom is 0.433 e. The molecule has 3 heterocycles. The average molecular weight is 355 g/mol. The van der Waals surface area contributed by atoms with Gasteiger partial charge in [-0.2, -0.15) is 13.2 Å². The van der Waals surface area contributed by atoms with Gasteiger partial charge in [0.15, 0.2) is 0 Å². The van der Waals surface area contributed by atoms with Crippen molar-refractivity contribution in [2.45, 2.75) is 31.7 Å². The highest BCUT2D eigenvalue weighted by atomic mass is 19.4. The summed E-state index contributed by atoms with van der Waals surface area (Å²) < 4.78 is 45.9. The van der Waals surface area contributed by atoms with Gasteiger partial charge >= 0.3 is 6.18 Å². The minimum atomic E-state index is -4.46. The van der Waals surface area contributed by atoms with E-state index in [0.717, 1.165) is 30.9 Å². The predicted molar refractivity (Wildman–Crippen MR) is 83.4 cm³/mol. The monoisotopic (exact) mass is 355 g/mol. The van der Waals surface area contributed by atoms with Gasteiger partial charge in [-0.25, -0.2) is 15.0 Å². The number of aryl methyl sites for hydroxylation is 1. The summed E-state index contributed by atoms with van der Waals surface area (Å²) in [6.45, 7) is 1.45. The number of aromatic nitrogens is 4. The standard InChI is InChI=1S/C16H20F3N5O/c1-24-7-6-22-15(24)14-11(3-2-8-25-14)9-20-10-13-21-5-4-12(23-13)16(17,18)19/h4-7,11,14,20H,2-3,8-10H2,1H3/t11-,14+/m0/s1. The highest BCUT2D eigenvalue weighted by Crippen LogP contribution is 2.32. The van der Waals surface area contributed by atoms with Crippen molar-refractivity contribution in [2.24, 2.45) is 13.0 Å². The Balaban J connectivity index is 1.60. The van der Waals surface area contributed by atoms with Gasteiger partial charge in [-0.15, -0.1) is 0 Å². The lowest BCUT2D eigenvalue weighted by Gasteiger charge is -2.31. The van der Waals surface area contributed by atoms with E-state index in [0.29, 0.717) is 13.2 Å². The van der Waals surface area contributed by atoms with Crippen LogP contribution in [0.25, 0.3) is 0 Å². The molecular weight excluding hydrogens is 335 g/mol. The maximum atomic E-state index is 12.7. The third-order valence-corrected chi connectivity index (χ3v) is 4.24. The molecule has 3 rings (SSSR count). The van der Waals surface area contributed by atoms with Crippen molar-refractivity contribution < 1.29 is 17.9 Å². The summed E-state index contributed by atoms with van der Waals surface area (Å²) in [6.07, 6.45) is 2.07. The summed E-state index contributed by atoms with van der Waals surface area (Å²) in [6, 6.07) is 0.871. The molecule has 1 fully saturated rings. The molecular formula is C16H20F3N5O. The summed E-state index contributed by atoms with van der Waals surface area (Å²) in [5.74, 6) is 1.18. The number of nitrogens with zero attached hydrogens (tertiary/aromatic N) is 4. The van der Waals surface area contributed by atoms with Gasteiger partial charge in [-0.1, -0.05) is 0 Å². The van der Waals surface area contributed by atoms with Gasteiger partial charge in [-0.3, -0.25) is 0 Å². The van der Waals surface area contributed by atoms with E-state index in [4.69, 9.17) is 4.74 Å². The molecule has 1 aliphatic heterocycles. The van der Waals surface area contributed by atoms with Crippen molar-refractivity contribution in [3.8, 4) is 0 Å². The number of alkyl halides is 3. The zero-order valence-corrected chi connectivity index (χ0v) is 13.8. The third-order valence-electron chi connectivity index (χ3n) is 4.24. The summed E-state index contributed by atoms with van der Waals surface area (Å²) in [7, 11) is 1.92. The first-order valence-electron chi connectivity index (χ1n) is 8.14. The van der Waals surface area contributed by atoms with E-state index in [1.54, 1.807) is 6.20 Å². The lowest BCUT2D eigenvalue weighted by molar-refractivity contribution is -0.141. The summed E-state index contributed by atoms with van der Waals surface area (Å²) in [5, 5.41) is 3.15. The van der Waals surface area contributed by atoms with Crippen LogP contribution in [0, 0.1) is 5.92 Å². The van der Waals surface area contributed by atoms with Crippen molar-refractivity contribution in [1.29, 1.82) is 0 Å².